The molecular weight excluding hydrogens is 955 g/mol. The summed E-state index contributed by atoms with van der Waals surface area (Å²) in [5, 5.41) is 0. The van der Waals surface area contributed by atoms with Crippen molar-refractivity contribution in [3.8, 4) is 22.6 Å². The molecule has 9 heteroatoms. The predicted molar refractivity (Wildman–Crippen MR) is 261 cm³/mol. The Morgan fingerprint density at radius 3 is 1.22 bits per heavy atom. The van der Waals surface area contributed by atoms with Gasteiger partial charge in [0.2, 0.25) is 0 Å². The van der Waals surface area contributed by atoms with E-state index in [1.807, 2.05) is 68.4 Å². The molecule has 8 fully saturated rings. The van der Waals surface area contributed by atoms with E-state index in [9.17, 15) is 9.59 Å². The van der Waals surface area contributed by atoms with Gasteiger partial charge in [0.05, 0.1) is 0 Å². The van der Waals surface area contributed by atoms with Crippen LogP contribution in [0.25, 0.3) is 11.1 Å². The second-order valence-corrected chi connectivity index (χ2v) is 32.7. The van der Waals surface area contributed by atoms with Crippen LogP contribution in [0.2, 0.25) is 0 Å². The van der Waals surface area contributed by atoms with Crippen molar-refractivity contribution in [2.45, 2.75) is 123 Å². The molecule has 6 nitrogen and oxygen atoms in total. The monoisotopic (exact) mass is 1020 g/mol. The van der Waals surface area contributed by atoms with Crippen LogP contribution in [-0.4, -0.2) is 52.3 Å². The van der Waals surface area contributed by atoms with E-state index in [4.69, 9.17) is 36.9 Å². The van der Waals surface area contributed by atoms with Crippen molar-refractivity contribution in [2.75, 3.05) is 13.2 Å². The van der Waals surface area contributed by atoms with Crippen LogP contribution in [0.3, 0.4) is 0 Å². The van der Waals surface area contributed by atoms with E-state index in [-0.39, 0.29) is 36.4 Å². The van der Waals surface area contributed by atoms with Gasteiger partial charge in [-0.15, -0.1) is 0 Å². The van der Waals surface area contributed by atoms with Gasteiger partial charge in [-0.1, -0.05) is 82.3 Å². The summed E-state index contributed by atoms with van der Waals surface area (Å²) >= 11 is -3.69. The van der Waals surface area contributed by atoms with Gasteiger partial charge in [-0.05, 0) is 35.4 Å². The molecule has 0 saturated heterocycles. The Hall–Kier alpha value is -3.21. The van der Waals surface area contributed by atoms with Crippen molar-refractivity contribution >= 4 is 53.0 Å². The van der Waals surface area contributed by atoms with E-state index < -0.39 is 15.9 Å². The van der Waals surface area contributed by atoms with Crippen LogP contribution < -0.4 is 16.7 Å². The zero-order valence-corrected chi connectivity index (χ0v) is 42.5. The van der Waals surface area contributed by atoms with E-state index in [1.54, 1.807) is 0 Å². The molecule has 0 heterocycles. The molecule has 8 aliphatic rings. The van der Waals surface area contributed by atoms with E-state index in [0.29, 0.717) is 41.1 Å². The van der Waals surface area contributed by atoms with Crippen molar-refractivity contribution in [3.63, 3.8) is 0 Å². The van der Waals surface area contributed by atoms with Gasteiger partial charge in [0, 0.05) is 0 Å². The normalized spacial score (nSPS) is 30.6. The minimum atomic E-state index is -3.69. The van der Waals surface area contributed by atoms with Gasteiger partial charge in [-0.25, -0.2) is 0 Å². The third-order valence-corrected chi connectivity index (χ3v) is 25.5. The molecule has 344 valence electrons. The topological polar surface area (TPSA) is 71.1 Å². The summed E-state index contributed by atoms with van der Waals surface area (Å²) in [5.74, 6) is 6.35. The van der Waals surface area contributed by atoms with Crippen LogP contribution in [0.4, 0.5) is 0 Å². The molecule has 0 unspecified atom stereocenters. The Morgan fingerprint density at radius 1 is 0.531 bits per heavy atom. The Balaban J connectivity index is 0.000000278. The number of hydrogen-bond acceptors (Lipinski definition) is 6. The maximum absolute atomic E-state index is 12.9. The van der Waals surface area contributed by atoms with Gasteiger partial charge >= 0.3 is 279 Å². The second kappa shape index (κ2) is 19.9. The van der Waals surface area contributed by atoms with Gasteiger partial charge in [0.25, 0.3) is 0 Å². The number of carbonyl (C=O) groups excluding carboxylic acids is 2. The van der Waals surface area contributed by atoms with Crippen LogP contribution in [0.15, 0.2) is 103 Å². The summed E-state index contributed by atoms with van der Waals surface area (Å²) in [6.45, 7) is 12.5. The third-order valence-electron chi connectivity index (χ3n) is 15.8. The summed E-state index contributed by atoms with van der Waals surface area (Å²) in [7, 11) is 14.1. The molecule has 0 spiro atoms. The minimum absolute atomic E-state index is 0.119. The number of carbonyl (C=O) groups is 2. The van der Waals surface area contributed by atoms with E-state index >= 15 is 0 Å². The van der Waals surface area contributed by atoms with Gasteiger partial charge in [0.15, 0.2) is 0 Å². The molecule has 64 heavy (non-hydrogen) atoms. The maximum atomic E-state index is 12.9. The van der Waals surface area contributed by atoms with E-state index in [0.717, 1.165) is 30.9 Å². The first-order valence-electron chi connectivity index (χ1n) is 24.0. The SMILES string of the molecule is CC.CC(C)c1ccc(-c2ccccc2)cc1.CC1(OC(=O)COc2ccc([Te](Cl)(Cl)c3ccc(OCC(=O)OC4(C)C5CC6CC(C5)CC4C6)cc3)cc2)C2CC3CC(C2)CC1C3. The molecule has 4 aromatic carbocycles. The zero-order valence-electron chi connectivity index (χ0n) is 38.6. The molecule has 4 aromatic rings. The van der Waals surface area contributed by atoms with E-state index in [2.05, 4.69) is 76.2 Å². The molecule has 8 aliphatic carbocycles. The van der Waals surface area contributed by atoms with E-state index in [1.165, 1.54) is 80.9 Å². The zero-order chi connectivity index (χ0) is 45.2. The fraction of sp³-hybridized carbons (Fsp3) is 0.527. The molecule has 0 aliphatic heterocycles. The van der Waals surface area contributed by atoms with Crippen molar-refractivity contribution in [1.29, 1.82) is 0 Å². The number of benzene rings is 4. The number of halogens is 2. The predicted octanol–water partition coefficient (Wildman–Crippen LogP) is 12.5. The fourth-order valence-electron chi connectivity index (χ4n) is 12.6. The molecule has 0 aromatic heterocycles. The van der Waals surface area contributed by atoms with Crippen LogP contribution in [-0.2, 0) is 19.1 Å². The molecule has 0 N–H and O–H groups in total. The standard InChI is InChI=1S/C38H46Cl2O6Te.C15H16.C2H6/c1-37(27-13-23-11-24(15-27)16-28(37)14-23)45-35(41)21-43-31-3-7-33(8-4-31)47(39,40)34-9-5-32(6-10-34)44-22-36(42)46-38(2)29-17-25-12-26(19-29)20-30(38)18-25;1-12(2)13-8-10-15(11-9-13)14-6-4-3-5-7-14;1-2/h3-10,23-30H,11-22H2,1-2H3;3-12H,1-2H3;1-2H3. The van der Waals surface area contributed by atoms with Crippen LogP contribution in [0, 0.1) is 47.3 Å². The molecule has 0 radical (unpaired) electrons. The average Bonchev–Trinajstić information content (AvgIpc) is 3.30. The first-order chi connectivity index (χ1) is 30.7. The Labute approximate surface area is 393 Å². The van der Waals surface area contributed by atoms with Crippen LogP contribution in [0.5, 0.6) is 11.5 Å². The Kier molecular flexibility index (Phi) is 14.7. The summed E-state index contributed by atoms with van der Waals surface area (Å²) in [5.41, 5.74) is 3.25. The Morgan fingerprint density at radius 2 is 0.875 bits per heavy atom. The van der Waals surface area contributed by atoms with Crippen molar-refractivity contribution in [1.82, 2.24) is 0 Å². The van der Waals surface area contributed by atoms with Crippen LogP contribution in [0.1, 0.15) is 117 Å². The molecule has 12 rings (SSSR count). The van der Waals surface area contributed by atoms with Crippen LogP contribution >= 0.6 is 17.9 Å². The summed E-state index contributed by atoms with van der Waals surface area (Å²) in [6, 6.07) is 34.1. The average molecular weight is 1020 g/mol. The quantitative estimate of drug-likeness (QED) is 0.104. The first-order valence-corrected chi connectivity index (χ1v) is 32.3. The molecule has 8 saturated carbocycles. The van der Waals surface area contributed by atoms with Gasteiger partial charge in [-0.3, -0.25) is 0 Å². The van der Waals surface area contributed by atoms with Crippen molar-refractivity contribution in [3.05, 3.63) is 109 Å². The second-order valence-electron chi connectivity index (χ2n) is 20.1. The molecular formula is C55H68Cl2O6Te. The number of esters is 2. The number of ether oxygens (including phenoxy) is 4. The molecule has 0 atom stereocenters. The fourth-order valence-corrected chi connectivity index (χ4v) is 18.9. The van der Waals surface area contributed by atoms with Crippen molar-refractivity contribution < 1.29 is 28.5 Å². The summed E-state index contributed by atoms with van der Waals surface area (Å²) < 4.78 is 25.6. The summed E-state index contributed by atoms with van der Waals surface area (Å²) in [6.07, 6.45) is 12.2. The van der Waals surface area contributed by atoms with Gasteiger partial charge in [-0.2, -0.15) is 0 Å². The Bertz CT molecular complexity index is 2020. The number of hydrogen-bond donors (Lipinski definition) is 0. The molecule has 8 bridgehead atoms. The van der Waals surface area contributed by atoms with Crippen molar-refractivity contribution in [2.24, 2.45) is 47.3 Å². The molecule has 0 amide bonds. The number of rotatable bonds is 12. The first kappa shape index (κ1) is 47.3. The third kappa shape index (κ3) is 10.2. The van der Waals surface area contributed by atoms with Gasteiger partial charge in [0.1, 0.15) is 0 Å². The summed E-state index contributed by atoms with van der Waals surface area (Å²) in [4.78, 5) is 25.8. The van der Waals surface area contributed by atoms with Gasteiger partial charge < -0.3 is 0 Å².